The molecule has 28 heavy (non-hydrogen) atoms. The molecule has 0 spiro atoms. The Morgan fingerprint density at radius 2 is 2.00 bits per heavy atom. The molecule has 1 aromatic heterocycles. The summed E-state index contributed by atoms with van der Waals surface area (Å²) in [5, 5.41) is 20.3. The van der Waals surface area contributed by atoms with Crippen LogP contribution in [-0.2, 0) is 0 Å². The number of carboxylic acid groups (broad SMARTS) is 1. The van der Waals surface area contributed by atoms with Crippen LogP contribution in [0.4, 0.5) is 20.6 Å². The molecule has 1 aliphatic rings. The van der Waals surface area contributed by atoms with Crippen LogP contribution in [0.25, 0.3) is 10.9 Å². The van der Waals surface area contributed by atoms with Gasteiger partial charge in [0, 0.05) is 33.2 Å². The number of hydrogen-bond donors (Lipinski definition) is 2. The van der Waals surface area contributed by atoms with Crippen LogP contribution in [0.5, 0.6) is 5.75 Å². The number of carbonyl (C=O) groups is 1. The van der Waals surface area contributed by atoms with Crippen molar-refractivity contribution in [2.45, 2.75) is 0 Å². The summed E-state index contributed by atoms with van der Waals surface area (Å²) in [6.45, 7) is 1.95. The summed E-state index contributed by atoms with van der Waals surface area (Å²) >= 11 is 0. The van der Waals surface area contributed by atoms with Crippen molar-refractivity contribution in [3.05, 3.63) is 38.4 Å². The maximum atomic E-state index is 14.9. The van der Waals surface area contributed by atoms with E-state index in [1.807, 2.05) is 11.9 Å². The molecule has 1 aliphatic heterocycles. The van der Waals surface area contributed by atoms with Gasteiger partial charge in [0.2, 0.25) is 11.2 Å². The number of ether oxygens (including phenoxy) is 1. The molecule has 1 fully saturated rings. The van der Waals surface area contributed by atoms with Gasteiger partial charge >= 0.3 is 11.8 Å². The minimum absolute atomic E-state index is 0.175. The number of nitrogens with zero attached hydrogens (tertiary/aromatic N) is 4. The van der Waals surface area contributed by atoms with Crippen molar-refractivity contribution in [2.75, 3.05) is 50.6 Å². The van der Waals surface area contributed by atoms with Gasteiger partial charge in [-0.2, -0.15) is 0 Å². The van der Waals surface area contributed by atoms with Crippen LogP contribution in [0.1, 0.15) is 0 Å². The van der Waals surface area contributed by atoms with Gasteiger partial charge in [0.15, 0.2) is 17.0 Å². The number of nitro groups is 1. The number of halogens is 1. The highest BCUT2D eigenvalue weighted by Gasteiger charge is 2.32. The second-order valence-electron chi connectivity index (χ2n) is 6.28. The standard InChI is InChI=1S/C16H18FN5O6/c1-18-21-8-11(28-16(24)25)15(23)9-7-10(17)13(14(12(9)21)22(26)27)20-5-3-19(2)4-6-20/h7-8,18H,3-6H2,1-2H3,(H,24,25). The fourth-order valence-corrected chi connectivity index (χ4v) is 3.25. The molecule has 3 rings (SSSR count). The van der Waals surface area contributed by atoms with E-state index in [1.165, 1.54) is 7.05 Å². The van der Waals surface area contributed by atoms with Crippen LogP contribution >= 0.6 is 0 Å². The van der Waals surface area contributed by atoms with E-state index in [9.17, 15) is 24.1 Å². The fourth-order valence-electron chi connectivity index (χ4n) is 3.25. The number of hydrogen-bond acceptors (Lipinski definition) is 8. The molecule has 0 amide bonds. The molecule has 0 atom stereocenters. The van der Waals surface area contributed by atoms with Crippen LogP contribution in [-0.4, -0.2) is 66.0 Å². The first kappa shape index (κ1) is 19.4. The van der Waals surface area contributed by atoms with Gasteiger partial charge in [-0.25, -0.2) is 9.18 Å². The minimum atomic E-state index is -1.73. The lowest BCUT2D eigenvalue weighted by atomic mass is 10.1. The topological polar surface area (TPSA) is 130 Å². The van der Waals surface area contributed by atoms with Crippen molar-refractivity contribution < 1.29 is 24.0 Å². The molecule has 11 nitrogen and oxygen atoms in total. The zero-order valence-electron chi connectivity index (χ0n) is 15.1. The predicted molar refractivity (Wildman–Crippen MR) is 98.5 cm³/mol. The summed E-state index contributed by atoms with van der Waals surface area (Å²) in [6.07, 6.45) is -0.750. The number of anilines is 1. The molecule has 0 saturated carbocycles. The number of pyridine rings is 1. The van der Waals surface area contributed by atoms with E-state index in [4.69, 9.17) is 5.11 Å². The first-order valence-corrected chi connectivity index (χ1v) is 8.33. The van der Waals surface area contributed by atoms with Gasteiger partial charge in [0.25, 0.3) is 0 Å². The van der Waals surface area contributed by atoms with Crippen LogP contribution in [0, 0.1) is 15.9 Å². The summed E-state index contributed by atoms with van der Waals surface area (Å²) in [6, 6.07) is 0.876. The average Bonchev–Trinajstić information content (AvgIpc) is 2.63. The smallest absolute Gasteiger partial charge is 0.449 e. The number of likely N-dealkylation sites (N-methyl/N-ethyl adjacent to an activating group) is 1. The number of fused-ring (bicyclic) bond motifs is 1. The van der Waals surface area contributed by atoms with Crippen molar-refractivity contribution in [1.82, 2.24) is 9.58 Å². The zero-order chi connectivity index (χ0) is 20.6. The summed E-state index contributed by atoms with van der Waals surface area (Å²) in [4.78, 5) is 38.1. The molecule has 0 unspecified atom stereocenters. The Hall–Kier alpha value is -3.41. The molecule has 0 radical (unpaired) electrons. The van der Waals surface area contributed by atoms with Gasteiger partial charge in [-0.3, -0.25) is 19.6 Å². The predicted octanol–water partition coefficient (Wildman–Crippen LogP) is 1.03. The van der Waals surface area contributed by atoms with Gasteiger partial charge in [0.05, 0.1) is 16.5 Å². The number of aromatic nitrogens is 1. The normalized spacial score (nSPS) is 14.9. The van der Waals surface area contributed by atoms with Crippen molar-refractivity contribution in [1.29, 1.82) is 0 Å². The molecule has 0 aliphatic carbocycles. The first-order chi connectivity index (χ1) is 13.2. The van der Waals surface area contributed by atoms with Crippen molar-refractivity contribution in [3.63, 3.8) is 0 Å². The first-order valence-electron chi connectivity index (χ1n) is 8.33. The van der Waals surface area contributed by atoms with Gasteiger partial charge in [-0.15, -0.1) is 0 Å². The van der Waals surface area contributed by atoms with Gasteiger partial charge in [-0.05, 0) is 13.1 Å². The molecule has 1 saturated heterocycles. The molecular formula is C16H18FN5O6. The van der Waals surface area contributed by atoms with Crippen LogP contribution < -0.4 is 20.5 Å². The third kappa shape index (κ3) is 3.29. The Bertz CT molecular complexity index is 1010. The molecule has 150 valence electrons. The SMILES string of the molecule is CNn1cc(OC(=O)O)c(=O)c2cc(F)c(N3CCN(C)CC3)c([N+](=O)[O-])c21. The van der Waals surface area contributed by atoms with Gasteiger partial charge in [0.1, 0.15) is 0 Å². The van der Waals surface area contributed by atoms with E-state index in [2.05, 4.69) is 10.2 Å². The molecular weight excluding hydrogens is 377 g/mol. The largest absolute Gasteiger partial charge is 0.511 e. The number of nitro benzene ring substituents is 1. The van der Waals surface area contributed by atoms with Crippen molar-refractivity contribution in [2.24, 2.45) is 0 Å². The molecule has 2 aromatic rings. The third-order valence-electron chi connectivity index (χ3n) is 4.60. The molecule has 1 aromatic carbocycles. The lowest BCUT2D eigenvalue weighted by Crippen LogP contribution is -2.45. The minimum Gasteiger partial charge on any atom is -0.449 e. The maximum absolute atomic E-state index is 14.9. The molecule has 0 bridgehead atoms. The summed E-state index contributed by atoms with van der Waals surface area (Å²) in [5.41, 5.74) is 0.693. The Kier molecular flexibility index (Phi) is 5.05. The van der Waals surface area contributed by atoms with Crippen LogP contribution in [0.2, 0.25) is 0 Å². The lowest BCUT2D eigenvalue weighted by molar-refractivity contribution is -0.382. The highest BCUT2D eigenvalue weighted by Crippen LogP contribution is 2.38. The van der Waals surface area contributed by atoms with Gasteiger partial charge < -0.3 is 25.1 Å². The van der Waals surface area contributed by atoms with Crippen LogP contribution in [0.15, 0.2) is 17.1 Å². The Morgan fingerprint density at radius 3 is 2.54 bits per heavy atom. The number of rotatable bonds is 4. The Morgan fingerprint density at radius 1 is 1.36 bits per heavy atom. The molecule has 2 N–H and O–H groups in total. The monoisotopic (exact) mass is 395 g/mol. The Balaban J connectivity index is 2.34. The highest BCUT2D eigenvalue weighted by molar-refractivity contribution is 5.95. The van der Waals surface area contributed by atoms with Crippen molar-refractivity contribution in [3.8, 4) is 5.75 Å². The summed E-state index contributed by atoms with van der Waals surface area (Å²) in [7, 11) is 3.31. The zero-order valence-corrected chi connectivity index (χ0v) is 15.1. The van der Waals surface area contributed by atoms with E-state index in [0.717, 1.165) is 16.9 Å². The highest BCUT2D eigenvalue weighted by atomic mass is 19.1. The number of piperazine rings is 1. The van der Waals surface area contributed by atoms with Gasteiger partial charge in [-0.1, -0.05) is 0 Å². The van der Waals surface area contributed by atoms with Crippen molar-refractivity contribution >= 4 is 28.4 Å². The molecule has 2 heterocycles. The summed E-state index contributed by atoms with van der Waals surface area (Å²) in [5.74, 6) is -1.54. The number of benzene rings is 1. The lowest BCUT2D eigenvalue weighted by Gasteiger charge is -2.34. The van der Waals surface area contributed by atoms with Crippen LogP contribution in [0.3, 0.4) is 0 Å². The second kappa shape index (κ2) is 7.31. The maximum Gasteiger partial charge on any atom is 0.511 e. The van der Waals surface area contributed by atoms with E-state index in [1.54, 1.807) is 4.90 Å². The van der Waals surface area contributed by atoms with E-state index in [-0.39, 0.29) is 16.6 Å². The van der Waals surface area contributed by atoms with E-state index >= 15 is 0 Å². The average molecular weight is 395 g/mol. The van der Waals surface area contributed by atoms with E-state index in [0.29, 0.717) is 26.2 Å². The molecule has 12 heteroatoms. The van der Waals surface area contributed by atoms with E-state index < -0.39 is 33.8 Å². The summed E-state index contributed by atoms with van der Waals surface area (Å²) < 4.78 is 20.5. The number of nitrogens with one attached hydrogen (secondary N) is 1. The quantitative estimate of drug-likeness (QED) is 0.443. The fraction of sp³-hybridized carbons (Fsp3) is 0.375. The Labute approximate surface area is 157 Å². The third-order valence-corrected chi connectivity index (χ3v) is 4.60. The second-order valence-corrected chi connectivity index (χ2v) is 6.28.